The van der Waals surface area contributed by atoms with Crippen molar-refractivity contribution in [3.63, 3.8) is 0 Å². The number of amides is 1. The van der Waals surface area contributed by atoms with Crippen molar-refractivity contribution >= 4 is 23.2 Å². The third-order valence-electron chi connectivity index (χ3n) is 3.66. The fourth-order valence-corrected chi connectivity index (χ4v) is 3.14. The molecule has 2 aromatic rings. The van der Waals surface area contributed by atoms with Crippen LogP contribution in [-0.2, 0) is 0 Å². The lowest BCUT2D eigenvalue weighted by Crippen LogP contribution is -2.39. The van der Waals surface area contributed by atoms with Crippen LogP contribution >= 0.6 is 11.3 Å². The summed E-state index contributed by atoms with van der Waals surface area (Å²) in [6, 6.07) is 1.87. The average molecular weight is 306 g/mol. The average Bonchev–Trinajstić information content (AvgIpc) is 3.18. The number of likely N-dealkylation sites (tertiary alicyclic amines) is 1. The highest BCUT2D eigenvalue weighted by Gasteiger charge is 2.29. The molecule has 21 heavy (non-hydrogen) atoms. The maximum Gasteiger partial charge on any atom is 0.265 e. The van der Waals surface area contributed by atoms with E-state index in [-0.39, 0.29) is 11.8 Å². The number of anilines is 1. The molecular formula is C14H18N4O2S. The summed E-state index contributed by atoms with van der Waals surface area (Å²) >= 11 is 1.54. The van der Waals surface area contributed by atoms with Crippen molar-refractivity contribution in [3.8, 4) is 0 Å². The number of carbonyl (C=O) groups is 1. The Bertz CT molecular complexity index is 608. The van der Waals surface area contributed by atoms with Crippen LogP contribution < -0.4 is 4.90 Å². The Balaban J connectivity index is 1.72. The first-order chi connectivity index (χ1) is 10.1. The van der Waals surface area contributed by atoms with Crippen LogP contribution in [0.4, 0.5) is 5.95 Å². The zero-order valence-corrected chi connectivity index (χ0v) is 13.0. The predicted octanol–water partition coefficient (Wildman–Crippen LogP) is 2.22. The minimum atomic E-state index is 0.0910. The summed E-state index contributed by atoms with van der Waals surface area (Å²) in [6.45, 7) is 1.43. The molecular weight excluding hydrogens is 288 g/mol. The summed E-state index contributed by atoms with van der Waals surface area (Å²) in [5, 5.41) is 7.77. The third kappa shape index (κ3) is 2.92. The number of hydrogen-bond donors (Lipinski definition) is 0. The third-order valence-corrected chi connectivity index (χ3v) is 4.34. The second-order valence-electron chi connectivity index (χ2n) is 5.43. The van der Waals surface area contributed by atoms with Crippen LogP contribution in [0.5, 0.6) is 0 Å². The molecule has 1 unspecified atom stereocenters. The first-order valence-electron chi connectivity index (χ1n) is 6.97. The summed E-state index contributed by atoms with van der Waals surface area (Å²) in [5.74, 6) is 1.42. The maximum atomic E-state index is 12.4. The van der Waals surface area contributed by atoms with Crippen LogP contribution in [0.2, 0.25) is 0 Å². The molecule has 0 aliphatic carbocycles. The summed E-state index contributed by atoms with van der Waals surface area (Å²) in [5.41, 5.74) is 0.764. The Labute approximate surface area is 127 Å². The summed E-state index contributed by atoms with van der Waals surface area (Å²) < 4.78 is 5.35. The molecule has 1 atom stereocenters. The maximum absolute atomic E-state index is 12.4. The SMILES string of the molecule is CN(C)c1noc(C2CCCN(C(=O)c3ccsc3)C2)n1. The minimum absolute atomic E-state index is 0.0910. The monoisotopic (exact) mass is 306 g/mol. The largest absolute Gasteiger partial charge is 0.344 e. The van der Waals surface area contributed by atoms with Crippen molar-refractivity contribution in [3.05, 3.63) is 28.3 Å². The van der Waals surface area contributed by atoms with E-state index in [0.717, 1.165) is 24.9 Å². The molecule has 1 aliphatic heterocycles. The van der Waals surface area contributed by atoms with Gasteiger partial charge in [-0.3, -0.25) is 4.79 Å². The predicted molar refractivity (Wildman–Crippen MR) is 80.8 cm³/mol. The molecule has 0 N–H and O–H groups in total. The summed E-state index contributed by atoms with van der Waals surface area (Å²) in [4.78, 5) is 20.5. The first kappa shape index (κ1) is 14.1. The molecule has 0 spiro atoms. The molecule has 2 aromatic heterocycles. The number of piperidine rings is 1. The van der Waals surface area contributed by atoms with E-state index in [1.807, 2.05) is 40.7 Å². The normalized spacial score (nSPS) is 18.8. The Morgan fingerprint density at radius 1 is 1.52 bits per heavy atom. The lowest BCUT2D eigenvalue weighted by molar-refractivity contribution is 0.0696. The van der Waals surface area contributed by atoms with Gasteiger partial charge in [0.2, 0.25) is 5.89 Å². The van der Waals surface area contributed by atoms with Gasteiger partial charge in [-0.2, -0.15) is 16.3 Å². The Morgan fingerprint density at radius 2 is 2.38 bits per heavy atom. The molecule has 3 rings (SSSR count). The van der Waals surface area contributed by atoms with Crippen molar-refractivity contribution in [2.45, 2.75) is 18.8 Å². The van der Waals surface area contributed by atoms with Gasteiger partial charge in [0.05, 0.1) is 11.5 Å². The van der Waals surface area contributed by atoms with Gasteiger partial charge in [0.15, 0.2) is 0 Å². The van der Waals surface area contributed by atoms with Gasteiger partial charge >= 0.3 is 0 Å². The van der Waals surface area contributed by atoms with Crippen LogP contribution in [0.25, 0.3) is 0 Å². The molecule has 6 nitrogen and oxygen atoms in total. The van der Waals surface area contributed by atoms with Crippen LogP contribution in [0.3, 0.4) is 0 Å². The van der Waals surface area contributed by atoms with E-state index in [9.17, 15) is 4.79 Å². The van der Waals surface area contributed by atoms with Crippen LogP contribution in [-0.4, -0.2) is 48.1 Å². The van der Waals surface area contributed by atoms with Gasteiger partial charge in [-0.25, -0.2) is 0 Å². The number of carbonyl (C=O) groups excluding carboxylic acids is 1. The summed E-state index contributed by atoms with van der Waals surface area (Å²) in [6.07, 6.45) is 1.93. The van der Waals surface area contributed by atoms with Gasteiger partial charge in [0, 0.05) is 32.6 Å². The molecule has 112 valence electrons. The lowest BCUT2D eigenvalue weighted by atomic mass is 9.97. The van der Waals surface area contributed by atoms with E-state index in [2.05, 4.69) is 10.1 Å². The Morgan fingerprint density at radius 3 is 3.05 bits per heavy atom. The van der Waals surface area contributed by atoms with Crippen molar-refractivity contribution in [2.75, 3.05) is 32.1 Å². The first-order valence-corrected chi connectivity index (χ1v) is 7.92. The molecule has 0 radical (unpaired) electrons. The van der Waals surface area contributed by atoms with E-state index in [1.54, 1.807) is 11.3 Å². The van der Waals surface area contributed by atoms with Crippen molar-refractivity contribution < 1.29 is 9.32 Å². The zero-order chi connectivity index (χ0) is 14.8. The highest BCUT2D eigenvalue weighted by Crippen LogP contribution is 2.27. The van der Waals surface area contributed by atoms with Crippen molar-refractivity contribution in [1.29, 1.82) is 0 Å². The Kier molecular flexibility index (Phi) is 3.92. The fraction of sp³-hybridized carbons (Fsp3) is 0.500. The minimum Gasteiger partial charge on any atom is -0.344 e. The topological polar surface area (TPSA) is 62.5 Å². The Hall–Kier alpha value is -1.89. The molecule has 1 saturated heterocycles. The van der Waals surface area contributed by atoms with Gasteiger partial charge in [0.1, 0.15) is 0 Å². The molecule has 0 aromatic carbocycles. The van der Waals surface area contributed by atoms with Gasteiger partial charge in [-0.1, -0.05) is 0 Å². The molecule has 0 saturated carbocycles. The van der Waals surface area contributed by atoms with Crippen molar-refractivity contribution in [1.82, 2.24) is 15.0 Å². The van der Waals surface area contributed by atoms with Crippen LogP contribution in [0, 0.1) is 0 Å². The zero-order valence-electron chi connectivity index (χ0n) is 12.2. The second-order valence-corrected chi connectivity index (χ2v) is 6.21. The van der Waals surface area contributed by atoms with Gasteiger partial charge in [-0.15, -0.1) is 0 Å². The van der Waals surface area contributed by atoms with Crippen molar-refractivity contribution in [2.24, 2.45) is 0 Å². The molecule has 3 heterocycles. The number of aromatic nitrogens is 2. The molecule has 1 amide bonds. The van der Waals surface area contributed by atoms with E-state index in [4.69, 9.17) is 4.52 Å². The van der Waals surface area contributed by atoms with Crippen LogP contribution in [0.1, 0.15) is 35.0 Å². The number of hydrogen-bond acceptors (Lipinski definition) is 6. The number of thiophene rings is 1. The van der Waals surface area contributed by atoms with Gasteiger partial charge in [0.25, 0.3) is 11.9 Å². The van der Waals surface area contributed by atoms with E-state index in [1.165, 1.54) is 0 Å². The highest BCUT2D eigenvalue weighted by atomic mass is 32.1. The quantitative estimate of drug-likeness (QED) is 0.870. The van der Waals surface area contributed by atoms with E-state index >= 15 is 0 Å². The summed E-state index contributed by atoms with van der Waals surface area (Å²) in [7, 11) is 3.75. The number of rotatable bonds is 3. The second kappa shape index (κ2) is 5.85. The molecule has 0 bridgehead atoms. The molecule has 1 fully saturated rings. The standard InChI is InChI=1S/C14H18N4O2S/c1-17(2)14-15-12(20-16-14)10-4-3-6-18(8-10)13(19)11-5-7-21-9-11/h5,7,9-10H,3-4,6,8H2,1-2H3. The fourth-order valence-electron chi connectivity index (χ4n) is 2.51. The lowest BCUT2D eigenvalue weighted by Gasteiger charge is -2.30. The van der Waals surface area contributed by atoms with Gasteiger partial charge in [-0.05, 0) is 29.4 Å². The molecule has 7 heteroatoms. The molecule has 1 aliphatic rings. The van der Waals surface area contributed by atoms with Crippen LogP contribution in [0.15, 0.2) is 21.3 Å². The number of nitrogens with zero attached hydrogens (tertiary/aromatic N) is 4. The van der Waals surface area contributed by atoms with E-state index in [0.29, 0.717) is 18.4 Å². The smallest absolute Gasteiger partial charge is 0.265 e. The van der Waals surface area contributed by atoms with E-state index < -0.39 is 0 Å². The highest BCUT2D eigenvalue weighted by molar-refractivity contribution is 7.08. The van der Waals surface area contributed by atoms with Gasteiger partial charge < -0.3 is 14.3 Å².